The van der Waals surface area contributed by atoms with E-state index in [-0.39, 0.29) is 5.91 Å². The Morgan fingerprint density at radius 1 is 0.688 bits per heavy atom. The number of benzene rings is 4. The summed E-state index contributed by atoms with van der Waals surface area (Å²) in [6, 6.07) is 39.4. The first-order valence-electron chi connectivity index (χ1n) is 10.4. The summed E-state index contributed by atoms with van der Waals surface area (Å²) in [5.74, 6) is -0.176. The Balaban J connectivity index is 1.84. The third-order valence-corrected chi connectivity index (χ3v) is 6.99. The van der Waals surface area contributed by atoms with Crippen LogP contribution in [0.1, 0.15) is 27.0 Å². The fraction of sp³-hybridized carbons (Fsp3) is 0.107. The fourth-order valence-electron chi connectivity index (χ4n) is 3.80. The third kappa shape index (κ3) is 4.33. The van der Waals surface area contributed by atoms with E-state index in [1.54, 1.807) is 18.8 Å². The van der Waals surface area contributed by atoms with Gasteiger partial charge in [-0.15, -0.1) is 11.8 Å². The minimum atomic E-state index is -0.446. The van der Waals surface area contributed by atoms with Gasteiger partial charge in [0.2, 0.25) is 0 Å². The van der Waals surface area contributed by atoms with E-state index in [1.807, 2.05) is 42.5 Å². The van der Waals surface area contributed by atoms with Crippen LogP contribution in [0.2, 0.25) is 0 Å². The maximum Gasteiger partial charge on any atom is 0.277 e. The molecule has 0 radical (unpaired) electrons. The van der Waals surface area contributed by atoms with Gasteiger partial charge in [-0.05, 0) is 41.0 Å². The predicted molar refractivity (Wildman–Crippen MR) is 131 cm³/mol. The van der Waals surface area contributed by atoms with Gasteiger partial charge in [-0.2, -0.15) is 0 Å². The number of hydroxylamine groups is 2. The predicted octanol–water partition coefficient (Wildman–Crippen LogP) is 6.40. The second-order valence-corrected chi connectivity index (χ2v) is 8.68. The lowest BCUT2D eigenvalue weighted by atomic mass is 9.84. The Labute approximate surface area is 193 Å². The van der Waals surface area contributed by atoms with Gasteiger partial charge in [0.05, 0.1) is 11.9 Å². The van der Waals surface area contributed by atoms with Crippen LogP contribution < -0.4 is 0 Å². The number of amides is 1. The average Bonchev–Trinajstić information content (AvgIpc) is 2.88. The molecule has 0 aliphatic rings. The zero-order valence-corrected chi connectivity index (χ0v) is 19.0. The van der Waals surface area contributed by atoms with Crippen molar-refractivity contribution in [1.82, 2.24) is 5.06 Å². The van der Waals surface area contributed by atoms with E-state index in [2.05, 4.69) is 72.8 Å². The Hall–Kier alpha value is -3.34. The maximum absolute atomic E-state index is 12.4. The molecule has 3 nitrogen and oxygen atoms in total. The van der Waals surface area contributed by atoms with Gasteiger partial charge >= 0.3 is 0 Å². The third-order valence-electron chi connectivity index (χ3n) is 5.47. The maximum atomic E-state index is 12.4. The largest absolute Gasteiger partial charge is 0.277 e. The first-order valence-corrected chi connectivity index (χ1v) is 11.2. The summed E-state index contributed by atoms with van der Waals surface area (Å²) in [4.78, 5) is 18.5. The topological polar surface area (TPSA) is 29.5 Å². The van der Waals surface area contributed by atoms with Crippen LogP contribution in [0, 0.1) is 0 Å². The summed E-state index contributed by atoms with van der Waals surface area (Å²) in [5.41, 5.74) is 4.17. The summed E-state index contributed by atoms with van der Waals surface area (Å²) < 4.78 is -0.446. The highest BCUT2D eigenvalue weighted by Crippen LogP contribution is 2.51. The Morgan fingerprint density at radius 3 is 1.47 bits per heavy atom. The van der Waals surface area contributed by atoms with Crippen molar-refractivity contribution in [2.75, 3.05) is 14.2 Å². The van der Waals surface area contributed by atoms with Crippen molar-refractivity contribution in [3.8, 4) is 0 Å². The Kier molecular flexibility index (Phi) is 6.74. The monoisotopic (exact) mass is 439 g/mol. The Bertz CT molecular complexity index is 1050. The summed E-state index contributed by atoms with van der Waals surface area (Å²) >= 11 is 1.77. The zero-order chi connectivity index (χ0) is 22.4. The van der Waals surface area contributed by atoms with E-state index in [4.69, 9.17) is 4.84 Å². The molecular formula is C28H25NO2S. The molecule has 0 fully saturated rings. The summed E-state index contributed by atoms with van der Waals surface area (Å²) in [7, 11) is 3.09. The molecule has 4 aromatic rings. The van der Waals surface area contributed by atoms with E-state index in [0.717, 1.165) is 4.90 Å². The lowest BCUT2D eigenvalue weighted by Gasteiger charge is -2.35. The lowest BCUT2D eigenvalue weighted by Crippen LogP contribution is -2.26. The molecule has 0 saturated heterocycles. The molecule has 0 saturated carbocycles. The molecule has 32 heavy (non-hydrogen) atoms. The van der Waals surface area contributed by atoms with Gasteiger partial charge in [0.1, 0.15) is 0 Å². The normalized spacial score (nSPS) is 11.2. The number of nitrogens with zero attached hydrogens (tertiary/aromatic N) is 1. The molecule has 4 heteroatoms. The molecule has 4 rings (SSSR count). The minimum absolute atomic E-state index is 0.176. The van der Waals surface area contributed by atoms with Crippen LogP contribution in [0.3, 0.4) is 0 Å². The number of carbonyl (C=O) groups excluding carboxylic acids is 1. The van der Waals surface area contributed by atoms with Crippen LogP contribution in [0.25, 0.3) is 0 Å². The molecule has 1 amide bonds. The second kappa shape index (κ2) is 9.86. The quantitative estimate of drug-likeness (QED) is 0.189. The number of rotatable bonds is 7. The lowest BCUT2D eigenvalue weighted by molar-refractivity contribution is -0.0757. The molecule has 0 aliphatic heterocycles. The molecular weight excluding hydrogens is 414 g/mol. The molecule has 160 valence electrons. The van der Waals surface area contributed by atoms with Crippen molar-refractivity contribution < 1.29 is 9.63 Å². The van der Waals surface area contributed by atoms with E-state index in [1.165, 1.54) is 28.9 Å². The van der Waals surface area contributed by atoms with Gasteiger partial charge in [-0.3, -0.25) is 9.63 Å². The molecule has 0 aliphatic carbocycles. The van der Waals surface area contributed by atoms with Gasteiger partial charge in [0.25, 0.3) is 5.91 Å². The summed E-state index contributed by atoms with van der Waals surface area (Å²) in [5, 5.41) is 1.23. The van der Waals surface area contributed by atoms with Crippen LogP contribution in [-0.4, -0.2) is 25.1 Å². The van der Waals surface area contributed by atoms with Gasteiger partial charge in [0.15, 0.2) is 0 Å². The first kappa shape index (κ1) is 21.9. The number of thioether (sulfide) groups is 1. The second-order valence-electron chi connectivity index (χ2n) is 7.39. The SMILES string of the molecule is CON(C)C(=O)c1ccc(SC(c2ccccc2)(c2ccccc2)c2ccccc2)cc1. The Morgan fingerprint density at radius 2 is 1.09 bits per heavy atom. The summed E-state index contributed by atoms with van der Waals surface area (Å²) in [6.07, 6.45) is 0. The van der Waals surface area contributed by atoms with Crippen LogP contribution in [-0.2, 0) is 9.58 Å². The van der Waals surface area contributed by atoms with Crippen molar-refractivity contribution >= 4 is 17.7 Å². The summed E-state index contributed by atoms with van der Waals surface area (Å²) in [6.45, 7) is 0. The van der Waals surface area contributed by atoms with Crippen LogP contribution in [0.5, 0.6) is 0 Å². The molecule has 4 aromatic carbocycles. The molecule has 0 N–H and O–H groups in total. The van der Waals surface area contributed by atoms with E-state index in [0.29, 0.717) is 5.56 Å². The minimum Gasteiger partial charge on any atom is -0.274 e. The average molecular weight is 440 g/mol. The molecule has 0 spiro atoms. The van der Waals surface area contributed by atoms with Crippen LogP contribution in [0.15, 0.2) is 120 Å². The molecule has 0 atom stereocenters. The fourth-order valence-corrected chi connectivity index (χ4v) is 5.19. The highest BCUT2D eigenvalue weighted by atomic mass is 32.2. The van der Waals surface area contributed by atoms with Crippen molar-refractivity contribution in [3.63, 3.8) is 0 Å². The van der Waals surface area contributed by atoms with Crippen molar-refractivity contribution in [2.24, 2.45) is 0 Å². The number of hydrogen-bond donors (Lipinski definition) is 0. The highest BCUT2D eigenvalue weighted by molar-refractivity contribution is 8.00. The molecule has 0 heterocycles. The van der Waals surface area contributed by atoms with Crippen molar-refractivity contribution in [2.45, 2.75) is 9.64 Å². The van der Waals surface area contributed by atoms with Crippen molar-refractivity contribution in [1.29, 1.82) is 0 Å². The first-order chi connectivity index (χ1) is 15.6. The smallest absolute Gasteiger partial charge is 0.274 e. The van der Waals surface area contributed by atoms with Gasteiger partial charge in [-0.1, -0.05) is 91.0 Å². The van der Waals surface area contributed by atoms with Gasteiger partial charge < -0.3 is 0 Å². The van der Waals surface area contributed by atoms with E-state index in [9.17, 15) is 4.79 Å². The number of carbonyl (C=O) groups is 1. The van der Waals surface area contributed by atoms with E-state index >= 15 is 0 Å². The number of hydrogen-bond acceptors (Lipinski definition) is 3. The molecule has 0 bridgehead atoms. The highest BCUT2D eigenvalue weighted by Gasteiger charge is 2.37. The van der Waals surface area contributed by atoms with E-state index < -0.39 is 4.75 Å². The van der Waals surface area contributed by atoms with Crippen LogP contribution >= 0.6 is 11.8 Å². The van der Waals surface area contributed by atoms with Gasteiger partial charge in [0, 0.05) is 17.5 Å². The molecule has 0 aromatic heterocycles. The van der Waals surface area contributed by atoms with Gasteiger partial charge in [-0.25, -0.2) is 5.06 Å². The van der Waals surface area contributed by atoms with Crippen LogP contribution in [0.4, 0.5) is 0 Å². The standard InChI is InChI=1S/C28H25NO2S/c1-29(31-2)27(30)22-18-20-26(21-19-22)32-28(23-12-6-3-7-13-23,24-14-8-4-9-15-24)25-16-10-5-11-17-25/h3-21H,1-2H3. The van der Waals surface area contributed by atoms with Crippen molar-refractivity contribution in [3.05, 3.63) is 138 Å². The molecule has 0 unspecified atom stereocenters. The zero-order valence-electron chi connectivity index (χ0n) is 18.1.